The van der Waals surface area contributed by atoms with Gasteiger partial charge in [-0.05, 0) is 52.5 Å². The van der Waals surface area contributed by atoms with Crippen LogP contribution in [-0.4, -0.2) is 54.9 Å². The fourth-order valence-electron chi connectivity index (χ4n) is 3.12. The Morgan fingerprint density at radius 1 is 1.24 bits per heavy atom. The maximum absolute atomic E-state index is 12.1. The smallest absolute Gasteiger partial charge is 0.162 e. The van der Waals surface area contributed by atoms with Crippen LogP contribution in [-0.2, 0) is 0 Å². The number of ketones is 1. The molecule has 0 unspecified atom stereocenters. The van der Waals surface area contributed by atoms with Gasteiger partial charge in [0.05, 0.1) is 0 Å². The van der Waals surface area contributed by atoms with Crippen molar-refractivity contribution in [3.8, 4) is 0 Å². The molecule has 3 nitrogen and oxygen atoms in total. The number of piperidine rings is 1. The van der Waals surface area contributed by atoms with Crippen LogP contribution in [0.2, 0.25) is 0 Å². The number of hydrogen-bond donors (Lipinski definition) is 0. The van der Waals surface area contributed by atoms with E-state index in [-0.39, 0.29) is 5.78 Å². The Morgan fingerprint density at radius 3 is 2.52 bits per heavy atom. The van der Waals surface area contributed by atoms with Gasteiger partial charge in [-0.25, -0.2) is 0 Å². The van der Waals surface area contributed by atoms with Crippen LogP contribution in [0, 0.1) is 0 Å². The molecule has 2 rings (SSSR count). The molecule has 1 aliphatic heterocycles. The number of likely N-dealkylation sites (tertiary alicyclic amines) is 1. The molecule has 21 heavy (non-hydrogen) atoms. The van der Waals surface area contributed by atoms with Crippen molar-refractivity contribution in [1.29, 1.82) is 0 Å². The molecule has 0 atom stereocenters. The number of Topliss-reactive ketones (excluding diaryl/α,β-unsaturated/α-hetero) is 1. The molecular formula is C18H28N2O. The predicted octanol–water partition coefficient (Wildman–Crippen LogP) is 3.07. The van der Waals surface area contributed by atoms with Gasteiger partial charge in [0.2, 0.25) is 0 Å². The van der Waals surface area contributed by atoms with Crippen molar-refractivity contribution < 1.29 is 4.79 Å². The zero-order chi connectivity index (χ0) is 15.1. The zero-order valence-electron chi connectivity index (χ0n) is 13.4. The lowest BCUT2D eigenvalue weighted by Crippen LogP contribution is -2.43. The predicted molar refractivity (Wildman–Crippen MR) is 87.8 cm³/mol. The average Bonchev–Trinajstić information content (AvgIpc) is 2.55. The van der Waals surface area contributed by atoms with Gasteiger partial charge in [-0.15, -0.1) is 0 Å². The van der Waals surface area contributed by atoms with E-state index in [1.54, 1.807) is 0 Å². The summed E-state index contributed by atoms with van der Waals surface area (Å²) in [7, 11) is 2.21. The van der Waals surface area contributed by atoms with Gasteiger partial charge in [-0.1, -0.05) is 37.3 Å². The topological polar surface area (TPSA) is 23.6 Å². The van der Waals surface area contributed by atoms with E-state index in [0.29, 0.717) is 12.5 Å². The molecule has 1 aromatic rings. The first-order valence-electron chi connectivity index (χ1n) is 8.21. The lowest BCUT2D eigenvalue weighted by molar-refractivity contribution is 0.0963. The maximum Gasteiger partial charge on any atom is 0.162 e. The molecule has 0 amide bonds. The SMILES string of the molecule is CCN1CCC(N(C)CCCC(=O)c2ccccc2)CC1. The fourth-order valence-corrected chi connectivity index (χ4v) is 3.12. The Morgan fingerprint density at radius 2 is 1.90 bits per heavy atom. The fraction of sp³-hybridized carbons (Fsp3) is 0.611. The Labute approximate surface area is 128 Å². The van der Waals surface area contributed by atoms with E-state index < -0.39 is 0 Å². The van der Waals surface area contributed by atoms with Gasteiger partial charge in [0.15, 0.2) is 5.78 Å². The van der Waals surface area contributed by atoms with Crippen molar-refractivity contribution in [3.63, 3.8) is 0 Å². The minimum Gasteiger partial charge on any atom is -0.303 e. The number of hydrogen-bond acceptors (Lipinski definition) is 3. The molecule has 0 N–H and O–H groups in total. The van der Waals surface area contributed by atoms with Crippen LogP contribution in [0.1, 0.15) is 43.0 Å². The molecule has 1 saturated heterocycles. The van der Waals surface area contributed by atoms with E-state index >= 15 is 0 Å². The molecule has 0 saturated carbocycles. The van der Waals surface area contributed by atoms with Gasteiger partial charge < -0.3 is 9.80 Å². The van der Waals surface area contributed by atoms with Crippen LogP contribution in [0.25, 0.3) is 0 Å². The summed E-state index contributed by atoms with van der Waals surface area (Å²) in [6.07, 6.45) is 4.13. The van der Waals surface area contributed by atoms with Gasteiger partial charge in [0.1, 0.15) is 0 Å². The third-order valence-corrected chi connectivity index (χ3v) is 4.64. The quantitative estimate of drug-likeness (QED) is 0.720. The van der Waals surface area contributed by atoms with Crippen molar-refractivity contribution in [2.45, 2.75) is 38.6 Å². The summed E-state index contributed by atoms with van der Waals surface area (Å²) in [6, 6.07) is 10.3. The third kappa shape index (κ3) is 4.94. The standard InChI is InChI=1S/C18H28N2O/c1-3-20-14-11-17(12-15-20)19(2)13-7-10-18(21)16-8-5-4-6-9-16/h4-6,8-9,17H,3,7,10-15H2,1-2H3. The first-order valence-corrected chi connectivity index (χ1v) is 8.21. The first kappa shape index (κ1) is 16.2. The Kier molecular flexibility index (Phi) is 6.40. The molecule has 0 aliphatic carbocycles. The highest BCUT2D eigenvalue weighted by Gasteiger charge is 2.21. The summed E-state index contributed by atoms with van der Waals surface area (Å²) in [6.45, 7) is 6.86. The normalized spacial score (nSPS) is 17.3. The second-order valence-electron chi connectivity index (χ2n) is 6.04. The number of carbonyl (C=O) groups excluding carboxylic acids is 1. The van der Waals surface area contributed by atoms with E-state index in [1.807, 2.05) is 30.3 Å². The summed E-state index contributed by atoms with van der Waals surface area (Å²) in [5.74, 6) is 0.268. The molecule has 0 aromatic heterocycles. The minimum atomic E-state index is 0.268. The number of benzene rings is 1. The Hall–Kier alpha value is -1.19. The largest absolute Gasteiger partial charge is 0.303 e. The monoisotopic (exact) mass is 288 g/mol. The molecular weight excluding hydrogens is 260 g/mol. The molecule has 1 fully saturated rings. The van der Waals surface area contributed by atoms with Crippen LogP contribution in [0.15, 0.2) is 30.3 Å². The van der Waals surface area contributed by atoms with Gasteiger partial charge in [0, 0.05) is 18.0 Å². The van der Waals surface area contributed by atoms with E-state index in [0.717, 1.165) is 18.5 Å². The van der Waals surface area contributed by atoms with E-state index in [4.69, 9.17) is 0 Å². The van der Waals surface area contributed by atoms with Crippen molar-refractivity contribution >= 4 is 5.78 Å². The Bertz CT molecular complexity index is 424. The lowest BCUT2D eigenvalue weighted by Gasteiger charge is -2.36. The van der Waals surface area contributed by atoms with Gasteiger partial charge in [-0.2, -0.15) is 0 Å². The average molecular weight is 288 g/mol. The molecule has 1 aliphatic rings. The maximum atomic E-state index is 12.1. The second-order valence-corrected chi connectivity index (χ2v) is 6.04. The van der Waals surface area contributed by atoms with E-state index in [2.05, 4.69) is 23.8 Å². The molecule has 116 valence electrons. The van der Waals surface area contributed by atoms with Crippen LogP contribution in [0.3, 0.4) is 0 Å². The van der Waals surface area contributed by atoms with Crippen LogP contribution in [0.5, 0.6) is 0 Å². The summed E-state index contributed by atoms with van der Waals surface area (Å²) < 4.78 is 0. The molecule has 1 aromatic carbocycles. The van der Waals surface area contributed by atoms with Crippen molar-refractivity contribution in [2.24, 2.45) is 0 Å². The lowest BCUT2D eigenvalue weighted by atomic mass is 10.0. The Balaban J connectivity index is 1.68. The van der Waals surface area contributed by atoms with Gasteiger partial charge in [-0.3, -0.25) is 4.79 Å². The molecule has 0 spiro atoms. The first-order chi connectivity index (χ1) is 10.2. The summed E-state index contributed by atoms with van der Waals surface area (Å²) in [5, 5.41) is 0. The summed E-state index contributed by atoms with van der Waals surface area (Å²) in [5.41, 5.74) is 0.844. The minimum absolute atomic E-state index is 0.268. The number of nitrogens with zero attached hydrogens (tertiary/aromatic N) is 2. The van der Waals surface area contributed by atoms with E-state index in [9.17, 15) is 4.79 Å². The number of carbonyl (C=O) groups is 1. The zero-order valence-corrected chi connectivity index (χ0v) is 13.4. The highest BCUT2D eigenvalue weighted by molar-refractivity contribution is 5.95. The molecule has 0 radical (unpaired) electrons. The molecule has 0 bridgehead atoms. The van der Waals surface area contributed by atoms with Crippen molar-refractivity contribution in [2.75, 3.05) is 33.2 Å². The summed E-state index contributed by atoms with van der Waals surface area (Å²) in [4.78, 5) is 17.0. The summed E-state index contributed by atoms with van der Waals surface area (Å²) >= 11 is 0. The van der Waals surface area contributed by atoms with Crippen molar-refractivity contribution in [3.05, 3.63) is 35.9 Å². The van der Waals surface area contributed by atoms with Crippen molar-refractivity contribution in [1.82, 2.24) is 9.80 Å². The third-order valence-electron chi connectivity index (χ3n) is 4.64. The molecule has 3 heteroatoms. The second kappa shape index (κ2) is 8.30. The van der Waals surface area contributed by atoms with Gasteiger partial charge >= 0.3 is 0 Å². The van der Waals surface area contributed by atoms with E-state index in [1.165, 1.54) is 32.5 Å². The van der Waals surface area contributed by atoms with Gasteiger partial charge in [0.25, 0.3) is 0 Å². The highest BCUT2D eigenvalue weighted by Crippen LogP contribution is 2.16. The van der Waals surface area contributed by atoms with Crippen LogP contribution >= 0.6 is 0 Å². The molecule has 1 heterocycles. The highest BCUT2D eigenvalue weighted by atomic mass is 16.1. The van der Waals surface area contributed by atoms with Crippen LogP contribution in [0.4, 0.5) is 0 Å². The van der Waals surface area contributed by atoms with Crippen LogP contribution < -0.4 is 0 Å². The number of rotatable bonds is 7.